The molecule has 17 nitrogen and oxygen atoms in total. The fourth-order valence-electron chi connectivity index (χ4n) is 8.02. The van der Waals surface area contributed by atoms with Crippen LogP contribution in [0, 0.1) is 0 Å². The van der Waals surface area contributed by atoms with Crippen molar-refractivity contribution in [3.8, 4) is 11.5 Å². The van der Waals surface area contributed by atoms with Crippen LogP contribution in [0.1, 0.15) is 59.6 Å². The average molecular weight is 793 g/mol. The largest absolute Gasteiger partial charge is 0.508 e. The van der Waals surface area contributed by atoms with Crippen LogP contribution in [0.3, 0.4) is 0 Å². The Morgan fingerprint density at radius 1 is 0.862 bits per heavy atom. The molecule has 3 fully saturated rings. The maximum atomic E-state index is 13.4. The fourth-order valence-corrected chi connectivity index (χ4v) is 8.02. The van der Waals surface area contributed by atoms with Gasteiger partial charge < -0.3 is 55.5 Å². The number of phenols is 2. The van der Waals surface area contributed by atoms with Crippen LogP contribution in [0.5, 0.6) is 11.5 Å². The third-order valence-corrected chi connectivity index (χ3v) is 11.3. The highest BCUT2D eigenvalue weighted by atomic mass is 16.5. The molecule has 1 aliphatic carbocycles. The van der Waals surface area contributed by atoms with Gasteiger partial charge in [-0.1, -0.05) is 31.2 Å². The summed E-state index contributed by atoms with van der Waals surface area (Å²) in [5.74, 6) is 1.24. The highest BCUT2D eigenvalue weighted by Crippen LogP contribution is 2.36. The monoisotopic (exact) mass is 792 g/mol. The van der Waals surface area contributed by atoms with Crippen LogP contribution in [-0.4, -0.2) is 127 Å². The number of amides is 2. The molecule has 3 aromatic heterocycles. The van der Waals surface area contributed by atoms with Crippen molar-refractivity contribution >= 4 is 40.6 Å². The molecule has 2 saturated heterocycles. The van der Waals surface area contributed by atoms with E-state index in [4.69, 9.17) is 19.7 Å². The Morgan fingerprint density at radius 3 is 2.22 bits per heavy atom. The zero-order chi connectivity index (χ0) is 40.3. The highest BCUT2D eigenvalue weighted by molar-refractivity contribution is 5.94. The van der Waals surface area contributed by atoms with Gasteiger partial charge in [-0.25, -0.2) is 9.97 Å². The van der Waals surface area contributed by atoms with Crippen LogP contribution in [-0.2, 0) is 9.53 Å². The number of morpholine rings is 1. The van der Waals surface area contributed by atoms with E-state index < -0.39 is 24.3 Å². The van der Waals surface area contributed by atoms with E-state index >= 15 is 0 Å². The average Bonchev–Trinajstić information content (AvgIpc) is 3.97. The van der Waals surface area contributed by atoms with Crippen molar-refractivity contribution in [3.63, 3.8) is 0 Å². The third-order valence-electron chi connectivity index (χ3n) is 11.3. The van der Waals surface area contributed by atoms with E-state index in [1.165, 1.54) is 0 Å². The van der Waals surface area contributed by atoms with E-state index in [2.05, 4.69) is 25.8 Å². The van der Waals surface area contributed by atoms with Crippen molar-refractivity contribution < 1.29 is 34.8 Å². The van der Waals surface area contributed by atoms with Crippen LogP contribution in [0.4, 0.5) is 17.6 Å². The Labute approximate surface area is 334 Å². The molecule has 3 aliphatic rings. The maximum Gasteiger partial charge on any atom is 0.253 e. The van der Waals surface area contributed by atoms with E-state index in [0.29, 0.717) is 67.8 Å². The third kappa shape index (κ3) is 8.19. The van der Waals surface area contributed by atoms with Gasteiger partial charge in [0.25, 0.3) is 5.91 Å². The van der Waals surface area contributed by atoms with E-state index in [9.17, 15) is 30.0 Å². The molecule has 5 atom stereocenters. The SMILES string of the molecule is CCC(=O)N[C@H]1C[C@@H](n2cnc3c(NCC(c4ccc(O)cc4)c4ccc(O)cc4)nc(N4CCC(NC(=O)c5ccc(N6CCOCC6)nc5)C4)nc32)[C@H](O)[C@@H]1O. The van der Waals surface area contributed by atoms with Crippen molar-refractivity contribution in [2.75, 3.05) is 61.1 Å². The summed E-state index contributed by atoms with van der Waals surface area (Å²) in [5, 5.41) is 51.7. The number of hydrogen-bond donors (Lipinski definition) is 7. The zero-order valence-electron chi connectivity index (χ0n) is 32.1. The zero-order valence-corrected chi connectivity index (χ0v) is 32.1. The smallest absolute Gasteiger partial charge is 0.253 e. The second-order valence-electron chi connectivity index (χ2n) is 15.0. The number of nitrogens with zero attached hydrogens (tertiary/aromatic N) is 7. The van der Waals surface area contributed by atoms with Crippen molar-refractivity contribution in [1.29, 1.82) is 0 Å². The number of pyridine rings is 1. The van der Waals surface area contributed by atoms with Crippen molar-refractivity contribution in [3.05, 3.63) is 89.9 Å². The summed E-state index contributed by atoms with van der Waals surface area (Å²) in [6.07, 6.45) is 1.92. The van der Waals surface area contributed by atoms with Crippen molar-refractivity contribution in [2.45, 2.75) is 62.4 Å². The van der Waals surface area contributed by atoms with Crippen molar-refractivity contribution in [2.24, 2.45) is 0 Å². The summed E-state index contributed by atoms with van der Waals surface area (Å²) < 4.78 is 7.17. The van der Waals surface area contributed by atoms with Gasteiger partial charge >= 0.3 is 0 Å². The summed E-state index contributed by atoms with van der Waals surface area (Å²) in [4.78, 5) is 48.9. The van der Waals surface area contributed by atoms with Gasteiger partial charge in [0.05, 0.1) is 37.2 Å². The number of aliphatic hydroxyl groups excluding tert-OH is 2. The van der Waals surface area contributed by atoms with Crippen LogP contribution < -0.4 is 25.8 Å². The number of carbonyl (C=O) groups excluding carboxylic acids is 2. The Kier molecular flexibility index (Phi) is 11.3. The highest BCUT2D eigenvalue weighted by Gasteiger charge is 2.44. The molecule has 5 aromatic rings. The number of aromatic nitrogens is 5. The van der Waals surface area contributed by atoms with Gasteiger partial charge in [0.15, 0.2) is 17.0 Å². The number of rotatable bonds is 12. The number of aromatic hydroxyl groups is 2. The molecular weight excluding hydrogens is 745 g/mol. The molecular formula is C41H48N10O7. The first-order valence-electron chi connectivity index (χ1n) is 19.7. The van der Waals surface area contributed by atoms with Gasteiger partial charge in [-0.05, 0) is 60.4 Å². The van der Waals surface area contributed by atoms with Gasteiger partial charge in [0.2, 0.25) is 11.9 Å². The summed E-state index contributed by atoms with van der Waals surface area (Å²) in [5.41, 5.74) is 3.17. The number of fused-ring (bicyclic) bond motifs is 1. The van der Waals surface area contributed by atoms with Crippen LogP contribution in [0.2, 0.25) is 0 Å². The molecule has 0 bridgehead atoms. The predicted octanol–water partition coefficient (Wildman–Crippen LogP) is 2.28. The minimum atomic E-state index is -1.20. The lowest BCUT2D eigenvalue weighted by Crippen LogP contribution is -2.42. The lowest BCUT2D eigenvalue weighted by molar-refractivity contribution is -0.122. The Morgan fingerprint density at radius 2 is 1.57 bits per heavy atom. The summed E-state index contributed by atoms with van der Waals surface area (Å²) in [6.45, 7) is 5.85. The molecule has 2 aliphatic heterocycles. The van der Waals surface area contributed by atoms with Crippen LogP contribution >= 0.6 is 0 Å². The molecule has 1 unspecified atom stereocenters. The molecule has 5 heterocycles. The number of anilines is 3. The standard InChI is InChI=1S/C41H48N10O7/c1-2-34(54)46-31-19-32(37(56)36(31)55)51-23-44-35-38(43-21-30(24-3-8-28(52)9-4-24)25-5-10-29(53)11-6-25)47-41(48-39(35)51)50-14-13-27(22-50)45-40(57)26-7-12-33(42-20-26)49-15-17-58-18-16-49/h3-12,20,23,27,30-32,36-37,52-53,55-56H,2,13-19,21-22H2,1H3,(H,45,57)(H,46,54)(H,43,47,48)/t27?,31-,32+,36+,37-/m0/s1. The molecule has 17 heteroatoms. The molecule has 1 saturated carbocycles. The summed E-state index contributed by atoms with van der Waals surface area (Å²) in [7, 11) is 0. The van der Waals surface area contributed by atoms with E-state index in [-0.39, 0.29) is 48.1 Å². The molecule has 8 rings (SSSR count). The first kappa shape index (κ1) is 38.8. The fraction of sp³-hybridized carbons (Fsp3) is 0.415. The second kappa shape index (κ2) is 16.8. The summed E-state index contributed by atoms with van der Waals surface area (Å²) >= 11 is 0. The number of nitrogens with one attached hydrogen (secondary N) is 3. The first-order chi connectivity index (χ1) is 28.1. The van der Waals surface area contributed by atoms with E-state index in [1.807, 2.05) is 35.2 Å². The molecule has 2 aromatic carbocycles. The lowest BCUT2D eigenvalue weighted by atomic mass is 9.91. The van der Waals surface area contributed by atoms with Gasteiger partial charge in [-0.2, -0.15) is 9.97 Å². The normalized spacial score (nSPS) is 22.1. The van der Waals surface area contributed by atoms with Gasteiger partial charge in [0.1, 0.15) is 29.5 Å². The summed E-state index contributed by atoms with van der Waals surface area (Å²) in [6, 6.07) is 16.0. The molecule has 58 heavy (non-hydrogen) atoms. The molecule has 2 amide bonds. The maximum absolute atomic E-state index is 13.4. The Balaban J connectivity index is 1.07. The van der Waals surface area contributed by atoms with E-state index in [0.717, 1.165) is 30.0 Å². The second-order valence-corrected chi connectivity index (χ2v) is 15.0. The lowest BCUT2D eigenvalue weighted by Gasteiger charge is -2.27. The predicted molar refractivity (Wildman–Crippen MR) is 215 cm³/mol. The number of benzene rings is 2. The molecule has 0 radical (unpaired) electrons. The molecule has 7 N–H and O–H groups in total. The Hall–Kier alpha value is -6.04. The van der Waals surface area contributed by atoms with E-state index in [1.54, 1.807) is 54.3 Å². The minimum absolute atomic E-state index is 0.142. The molecule has 304 valence electrons. The molecule has 0 spiro atoms. The van der Waals surface area contributed by atoms with Gasteiger partial charge in [0, 0.05) is 57.3 Å². The number of ether oxygens (including phenoxy) is 1. The van der Waals surface area contributed by atoms with Crippen molar-refractivity contribution in [1.82, 2.24) is 35.1 Å². The van der Waals surface area contributed by atoms with Gasteiger partial charge in [-0.3, -0.25) is 9.59 Å². The Bertz CT molecular complexity index is 2170. The minimum Gasteiger partial charge on any atom is -0.508 e. The topological polar surface area (TPSA) is 223 Å². The number of phenolic OH excluding ortho intramolecular Hbond substituents is 2. The number of carbonyl (C=O) groups is 2. The van der Waals surface area contributed by atoms with Gasteiger partial charge in [-0.15, -0.1) is 0 Å². The number of imidazole rings is 1. The number of aliphatic hydroxyl groups is 2. The quantitative estimate of drug-likeness (QED) is 0.0964. The first-order valence-corrected chi connectivity index (χ1v) is 19.7. The van der Waals surface area contributed by atoms with Crippen LogP contribution in [0.25, 0.3) is 11.2 Å². The van der Waals surface area contributed by atoms with Crippen LogP contribution in [0.15, 0.2) is 73.2 Å². The number of hydrogen-bond acceptors (Lipinski definition) is 14.